The van der Waals surface area contributed by atoms with E-state index in [0.717, 1.165) is 0 Å². The second kappa shape index (κ2) is 14.6. The predicted molar refractivity (Wildman–Crippen MR) is 212 cm³/mol. The first-order valence-electron chi connectivity index (χ1n) is 18.7. The van der Waals surface area contributed by atoms with Crippen molar-refractivity contribution >= 4 is 50.6 Å². The van der Waals surface area contributed by atoms with E-state index < -0.39 is 213 Å². The lowest BCUT2D eigenvalue weighted by Crippen LogP contribution is -2.61. The van der Waals surface area contributed by atoms with E-state index in [1.807, 2.05) is 0 Å². The van der Waals surface area contributed by atoms with Gasteiger partial charge in [-0.15, -0.1) is 0 Å². The number of phenolic OH excluding ortho intramolecular Hbond substituents is 13. The highest BCUT2D eigenvalue weighted by Crippen LogP contribution is 2.58. The number of aromatic hydroxyl groups is 13. The van der Waals surface area contributed by atoms with Gasteiger partial charge in [0.15, 0.2) is 81.4 Å². The molecule has 2 aliphatic rings. The number of phenols is 13. The first kappa shape index (κ1) is 43.0. The van der Waals surface area contributed by atoms with Crippen LogP contribution in [0.5, 0.6) is 74.7 Å². The Kier molecular flexibility index (Phi) is 9.39. The van der Waals surface area contributed by atoms with Crippen molar-refractivity contribution in [1.29, 1.82) is 0 Å². The number of aliphatic hydroxyl groups is 2. The second-order valence-corrected chi connectivity index (χ2v) is 14.9. The van der Waals surface area contributed by atoms with Gasteiger partial charge in [-0.3, -0.25) is 0 Å². The molecule has 1 fully saturated rings. The van der Waals surface area contributed by atoms with Crippen LogP contribution in [0.4, 0.5) is 0 Å². The maximum absolute atomic E-state index is 14.4. The van der Waals surface area contributed by atoms with Crippen molar-refractivity contribution in [2.75, 3.05) is 6.61 Å². The normalized spacial score (nSPS) is 19.6. The average molecular weight is 935 g/mol. The van der Waals surface area contributed by atoms with Crippen molar-refractivity contribution in [3.05, 3.63) is 61.8 Å². The number of cyclic esters (lactones) is 1. The molecule has 6 bridgehead atoms. The molecule has 9 rings (SSSR count). The van der Waals surface area contributed by atoms with Crippen LogP contribution in [0.1, 0.15) is 31.1 Å². The molecule has 4 heterocycles. The number of hydrogen-bond donors (Lipinski definition) is 15. The lowest BCUT2D eigenvalue weighted by atomic mass is 9.88. The highest BCUT2D eigenvalue weighted by Gasteiger charge is 2.50. The van der Waals surface area contributed by atoms with Crippen LogP contribution < -0.4 is 11.3 Å². The Morgan fingerprint density at radius 2 is 0.955 bits per heavy atom. The molecule has 0 aliphatic carbocycles. The molecule has 26 heteroatoms. The van der Waals surface area contributed by atoms with Gasteiger partial charge in [0, 0.05) is 33.0 Å². The zero-order chi connectivity index (χ0) is 48.6. The summed E-state index contributed by atoms with van der Waals surface area (Å²) in [4.78, 5) is 69.7. The molecule has 26 nitrogen and oxygen atoms in total. The van der Waals surface area contributed by atoms with Crippen molar-refractivity contribution in [1.82, 2.24) is 0 Å². The Balaban J connectivity index is 1.35. The van der Waals surface area contributed by atoms with Crippen LogP contribution in [0.25, 0.3) is 55.0 Å². The van der Waals surface area contributed by atoms with Crippen LogP contribution in [0.2, 0.25) is 0 Å². The smallest absolute Gasteiger partial charge is 0.345 e. The van der Waals surface area contributed by atoms with Gasteiger partial charge in [-0.05, 0) is 24.3 Å². The van der Waals surface area contributed by atoms with Crippen LogP contribution >= 0.6 is 0 Å². The minimum absolute atomic E-state index is 0.360. The largest absolute Gasteiger partial charge is 0.504 e. The summed E-state index contributed by atoms with van der Waals surface area (Å²) >= 11 is 0. The van der Waals surface area contributed by atoms with Gasteiger partial charge >= 0.3 is 29.2 Å². The number of carbonyl (C=O) groups excluding carboxylic acids is 3. The molecule has 0 saturated carbocycles. The minimum Gasteiger partial charge on any atom is -0.504 e. The molecule has 346 valence electrons. The van der Waals surface area contributed by atoms with E-state index in [1.54, 1.807) is 0 Å². The third kappa shape index (κ3) is 6.04. The van der Waals surface area contributed by atoms with E-state index in [-0.39, 0.29) is 0 Å². The summed E-state index contributed by atoms with van der Waals surface area (Å²) in [7, 11) is 0. The van der Waals surface area contributed by atoms with E-state index in [1.165, 1.54) is 0 Å². The molecule has 2 aliphatic heterocycles. The van der Waals surface area contributed by atoms with Crippen LogP contribution in [-0.4, -0.2) is 132 Å². The molecule has 1 unspecified atom stereocenters. The Labute approximate surface area is 365 Å². The molecule has 5 aromatic carbocycles. The van der Waals surface area contributed by atoms with Crippen molar-refractivity contribution in [2.45, 2.75) is 30.7 Å². The number of esters is 3. The maximum atomic E-state index is 14.4. The fourth-order valence-electron chi connectivity index (χ4n) is 8.03. The van der Waals surface area contributed by atoms with Gasteiger partial charge < -0.3 is 104 Å². The third-order valence-corrected chi connectivity index (χ3v) is 11.1. The molecule has 67 heavy (non-hydrogen) atoms. The van der Waals surface area contributed by atoms with Crippen molar-refractivity contribution in [3.63, 3.8) is 0 Å². The maximum Gasteiger partial charge on any atom is 0.345 e. The van der Waals surface area contributed by atoms with Gasteiger partial charge in [-0.1, -0.05) is 0 Å². The summed E-state index contributed by atoms with van der Waals surface area (Å²) in [5.74, 6) is -22.8. The van der Waals surface area contributed by atoms with Gasteiger partial charge in [0.25, 0.3) is 0 Å². The molecule has 0 amide bonds. The lowest BCUT2D eigenvalue weighted by Gasteiger charge is -2.41. The van der Waals surface area contributed by atoms with Crippen LogP contribution in [0, 0.1) is 0 Å². The fraction of sp³-hybridized carbons (Fsp3) is 0.146. The fourth-order valence-corrected chi connectivity index (χ4v) is 8.03. The van der Waals surface area contributed by atoms with E-state index in [9.17, 15) is 101 Å². The summed E-state index contributed by atoms with van der Waals surface area (Å²) in [6.45, 7) is -1.30. The molecule has 5 atom stereocenters. The molecule has 7 aromatic rings. The summed E-state index contributed by atoms with van der Waals surface area (Å²) in [6.07, 6.45) is -11.9. The SMILES string of the molecule is O=C(O[C@H]1C(O)O[C@@H]2COC(=O)c3cc(O)c(O)c(O)c3-c3c(O)c(O)c4oc(=O)c5c(c(O)c(O)c6oc(=O)c3c4c65)-c3c(cc(O)c(O)c3O)C(=O)O[C@H]2[C@@H]1O)c1cc(O)c(O)c(O)c1. The summed E-state index contributed by atoms with van der Waals surface area (Å²) < 4.78 is 32.0. The lowest BCUT2D eigenvalue weighted by molar-refractivity contribution is -0.284. The Morgan fingerprint density at radius 1 is 0.522 bits per heavy atom. The Hall–Kier alpha value is -9.27. The molecule has 2 aromatic heterocycles. The van der Waals surface area contributed by atoms with E-state index in [0.29, 0.717) is 24.3 Å². The first-order chi connectivity index (χ1) is 31.5. The van der Waals surface area contributed by atoms with Crippen molar-refractivity contribution < 1.29 is 119 Å². The molecule has 1 saturated heterocycles. The van der Waals surface area contributed by atoms with E-state index in [4.69, 9.17) is 27.8 Å². The number of benzene rings is 5. The van der Waals surface area contributed by atoms with Gasteiger partial charge in [0.1, 0.15) is 18.8 Å². The minimum atomic E-state index is -2.53. The third-order valence-electron chi connectivity index (χ3n) is 11.1. The zero-order valence-corrected chi connectivity index (χ0v) is 32.6. The van der Waals surface area contributed by atoms with Gasteiger partial charge in [-0.2, -0.15) is 0 Å². The number of hydrogen-bond acceptors (Lipinski definition) is 26. The summed E-state index contributed by atoms with van der Waals surface area (Å²) in [6, 6.07) is 1.95. The molecular weight excluding hydrogens is 908 g/mol. The highest BCUT2D eigenvalue weighted by atomic mass is 16.7. The van der Waals surface area contributed by atoms with Crippen LogP contribution in [-0.2, 0) is 18.9 Å². The summed E-state index contributed by atoms with van der Waals surface area (Å²) in [5.41, 5.74) is -13.3. The van der Waals surface area contributed by atoms with Crippen LogP contribution in [0.3, 0.4) is 0 Å². The number of fused-ring (bicyclic) bond motifs is 5. The topological polar surface area (TPSA) is 452 Å². The zero-order valence-electron chi connectivity index (χ0n) is 32.6. The van der Waals surface area contributed by atoms with E-state index >= 15 is 0 Å². The molecule has 0 radical (unpaired) electrons. The monoisotopic (exact) mass is 934 g/mol. The number of ether oxygens (including phenoxy) is 4. The standard InChI is InChI=1S/C41H26O26/c42-9-1-6(2-10(43)22(9)46)36(56)67-35-31(55)32-13(63-41(35)61)5-62-37(57)7-3-11(44)23(47)25(49)14(7)16-20-18-19-21(40(60)66-33(18)29(53)27(16)51)17(28(52)30(54)34(19)65-39(20)59)15-8(38(58)64-32)4-12(45)24(48)26(15)50/h1-4,13,31-32,35,41-55,61H,5H2/t13-,31+,32-,35-,41?/m1/s1. The van der Waals surface area contributed by atoms with E-state index in [2.05, 4.69) is 0 Å². The van der Waals surface area contributed by atoms with Crippen molar-refractivity contribution in [3.8, 4) is 97.0 Å². The van der Waals surface area contributed by atoms with Gasteiger partial charge in [-0.25, -0.2) is 24.0 Å². The van der Waals surface area contributed by atoms with Crippen molar-refractivity contribution in [2.24, 2.45) is 0 Å². The number of aliphatic hydroxyl groups excluding tert-OH is 2. The average Bonchev–Trinajstić information content (AvgIpc) is 3.28. The summed E-state index contributed by atoms with van der Waals surface area (Å²) in [5, 5.41) is 159. The predicted octanol–water partition coefficient (Wildman–Crippen LogP) is 0.997. The Bertz CT molecular complexity index is 3470. The second-order valence-electron chi connectivity index (χ2n) is 14.9. The quantitative estimate of drug-likeness (QED) is 0.0378. The number of carbonyl (C=O) groups is 3. The molecular formula is C41H26O26. The number of rotatable bonds is 2. The highest BCUT2D eigenvalue weighted by molar-refractivity contribution is 6.29. The van der Waals surface area contributed by atoms with Gasteiger partial charge in [0.2, 0.25) is 23.0 Å². The van der Waals surface area contributed by atoms with Crippen LogP contribution in [0.15, 0.2) is 42.7 Å². The first-order valence-corrected chi connectivity index (χ1v) is 18.7. The van der Waals surface area contributed by atoms with Gasteiger partial charge in [0.05, 0.1) is 27.5 Å². The molecule has 15 N–H and O–H groups in total. The molecule has 0 spiro atoms. The Morgan fingerprint density at radius 3 is 1.43 bits per heavy atom.